The summed E-state index contributed by atoms with van der Waals surface area (Å²) in [6.45, 7) is 6.62. The molecule has 1 aromatic heterocycles. The highest BCUT2D eigenvalue weighted by atomic mass is 16.1. The smallest absolute Gasteiger partial charge is 0.222 e. The number of carbonyl (C=O) groups is 1. The molecule has 2 rings (SSSR count). The second-order valence-electron chi connectivity index (χ2n) is 5.24. The Morgan fingerprint density at radius 3 is 2.95 bits per heavy atom. The Balaban J connectivity index is 2.10. The van der Waals surface area contributed by atoms with Gasteiger partial charge in [-0.2, -0.15) is 0 Å². The molecule has 0 spiro atoms. The molecule has 0 bridgehead atoms. The molecule has 0 aliphatic rings. The third kappa shape index (κ3) is 3.10. The fourth-order valence-electron chi connectivity index (χ4n) is 2.16. The van der Waals surface area contributed by atoms with E-state index in [1.165, 1.54) is 0 Å². The molecule has 0 saturated carbocycles. The molecule has 2 aromatic rings. The number of benzene rings is 1. The van der Waals surface area contributed by atoms with Gasteiger partial charge in [0.1, 0.15) is 0 Å². The van der Waals surface area contributed by atoms with Crippen molar-refractivity contribution in [2.75, 3.05) is 5.73 Å². The Morgan fingerprint density at radius 1 is 1.50 bits per heavy atom. The zero-order valence-electron chi connectivity index (χ0n) is 12.3. The lowest BCUT2D eigenvalue weighted by Gasteiger charge is -2.12. The van der Waals surface area contributed by atoms with E-state index in [0.29, 0.717) is 18.9 Å². The number of nitrogens with zero attached hydrogens (tertiary/aromatic N) is 2. The van der Waals surface area contributed by atoms with Crippen molar-refractivity contribution in [3.05, 3.63) is 23.8 Å². The zero-order chi connectivity index (χ0) is 14.7. The van der Waals surface area contributed by atoms with Crippen LogP contribution in [0.3, 0.4) is 0 Å². The van der Waals surface area contributed by atoms with Crippen molar-refractivity contribution in [1.29, 1.82) is 0 Å². The summed E-state index contributed by atoms with van der Waals surface area (Å²) in [5.41, 5.74) is 8.94. The second-order valence-corrected chi connectivity index (χ2v) is 5.24. The van der Waals surface area contributed by atoms with Crippen molar-refractivity contribution in [3.8, 4) is 0 Å². The Morgan fingerprint density at radius 2 is 2.25 bits per heavy atom. The number of nitrogen functional groups attached to an aromatic ring is 1. The predicted molar refractivity (Wildman–Crippen MR) is 81.4 cm³/mol. The molecule has 108 valence electrons. The summed E-state index contributed by atoms with van der Waals surface area (Å²) in [6.07, 6.45) is 1.34. The quantitative estimate of drug-likeness (QED) is 0.878. The number of rotatable bonds is 5. The number of amides is 1. The van der Waals surface area contributed by atoms with Crippen LogP contribution in [0.1, 0.15) is 32.3 Å². The van der Waals surface area contributed by atoms with E-state index in [9.17, 15) is 4.79 Å². The van der Waals surface area contributed by atoms with Gasteiger partial charge in [0.05, 0.1) is 11.0 Å². The standard InChI is InChI=1S/C15H22N4O/c1-4-11(3)17-14(20)7-8-19-13-6-5-10(2)9-12(13)18-15(19)16/h5-6,9,11H,4,7-8H2,1-3H3,(H2,16,18)(H,17,20). The molecule has 1 unspecified atom stereocenters. The first-order valence-corrected chi connectivity index (χ1v) is 7.03. The van der Waals surface area contributed by atoms with Gasteiger partial charge < -0.3 is 15.6 Å². The molecule has 0 aliphatic heterocycles. The molecule has 20 heavy (non-hydrogen) atoms. The van der Waals surface area contributed by atoms with Gasteiger partial charge in [-0.25, -0.2) is 4.98 Å². The lowest BCUT2D eigenvalue weighted by molar-refractivity contribution is -0.121. The van der Waals surface area contributed by atoms with Gasteiger partial charge in [-0.05, 0) is 38.0 Å². The average molecular weight is 274 g/mol. The first-order valence-electron chi connectivity index (χ1n) is 7.03. The van der Waals surface area contributed by atoms with E-state index in [0.717, 1.165) is 23.0 Å². The van der Waals surface area contributed by atoms with Crippen LogP contribution in [0.5, 0.6) is 0 Å². The highest BCUT2D eigenvalue weighted by Crippen LogP contribution is 2.19. The van der Waals surface area contributed by atoms with E-state index in [1.807, 2.05) is 36.6 Å². The summed E-state index contributed by atoms with van der Waals surface area (Å²) in [5.74, 6) is 0.509. The molecule has 3 N–H and O–H groups in total. The van der Waals surface area contributed by atoms with Crippen molar-refractivity contribution in [3.63, 3.8) is 0 Å². The highest BCUT2D eigenvalue weighted by molar-refractivity contribution is 5.80. The molecule has 1 heterocycles. The van der Waals surface area contributed by atoms with Gasteiger partial charge in [0, 0.05) is 19.0 Å². The van der Waals surface area contributed by atoms with E-state index in [2.05, 4.69) is 17.2 Å². The number of hydrogen-bond donors (Lipinski definition) is 2. The Labute approximate surface area is 119 Å². The predicted octanol–water partition coefficient (Wildman–Crippen LogP) is 2.23. The number of carbonyl (C=O) groups excluding carboxylic acids is 1. The first kappa shape index (κ1) is 14.4. The van der Waals surface area contributed by atoms with Crippen molar-refractivity contribution >= 4 is 22.9 Å². The third-order valence-electron chi connectivity index (χ3n) is 3.52. The van der Waals surface area contributed by atoms with Crippen molar-refractivity contribution in [1.82, 2.24) is 14.9 Å². The molecular weight excluding hydrogens is 252 g/mol. The van der Waals surface area contributed by atoms with Crippen LogP contribution in [-0.2, 0) is 11.3 Å². The number of hydrogen-bond acceptors (Lipinski definition) is 3. The minimum Gasteiger partial charge on any atom is -0.369 e. The topological polar surface area (TPSA) is 72.9 Å². The molecular formula is C15H22N4O. The normalized spacial score (nSPS) is 12.6. The highest BCUT2D eigenvalue weighted by Gasteiger charge is 2.11. The maximum atomic E-state index is 11.8. The number of imidazole rings is 1. The van der Waals surface area contributed by atoms with Gasteiger partial charge in [-0.15, -0.1) is 0 Å². The van der Waals surface area contributed by atoms with Gasteiger partial charge in [0.2, 0.25) is 11.9 Å². The maximum absolute atomic E-state index is 11.8. The number of nitrogens with one attached hydrogen (secondary N) is 1. The van der Waals surface area contributed by atoms with Crippen molar-refractivity contribution in [2.24, 2.45) is 0 Å². The number of aromatic nitrogens is 2. The molecule has 5 heteroatoms. The summed E-state index contributed by atoms with van der Waals surface area (Å²) in [4.78, 5) is 16.2. The SMILES string of the molecule is CCC(C)NC(=O)CCn1c(N)nc2cc(C)ccc21. The molecule has 1 aromatic carbocycles. The Bertz CT molecular complexity index is 618. The lowest BCUT2D eigenvalue weighted by atomic mass is 10.2. The average Bonchev–Trinajstić information content (AvgIpc) is 2.70. The maximum Gasteiger partial charge on any atom is 0.222 e. The molecule has 1 atom stereocenters. The Kier molecular flexibility index (Phi) is 4.27. The van der Waals surface area contributed by atoms with Gasteiger partial charge in [-0.1, -0.05) is 13.0 Å². The number of aryl methyl sites for hydroxylation is 2. The second kappa shape index (κ2) is 5.94. The third-order valence-corrected chi connectivity index (χ3v) is 3.52. The van der Waals surface area contributed by atoms with Crippen LogP contribution in [0.4, 0.5) is 5.95 Å². The van der Waals surface area contributed by atoms with Crippen molar-refractivity contribution in [2.45, 2.75) is 46.2 Å². The molecule has 1 amide bonds. The molecule has 0 radical (unpaired) electrons. The molecule has 0 fully saturated rings. The van der Waals surface area contributed by atoms with Crippen LogP contribution in [0, 0.1) is 6.92 Å². The van der Waals surface area contributed by atoms with Crippen LogP contribution in [0.25, 0.3) is 11.0 Å². The summed E-state index contributed by atoms with van der Waals surface area (Å²) in [5, 5.41) is 2.96. The minimum atomic E-state index is 0.0488. The number of anilines is 1. The molecule has 0 saturated heterocycles. The van der Waals surface area contributed by atoms with Crippen LogP contribution in [-0.4, -0.2) is 21.5 Å². The summed E-state index contributed by atoms with van der Waals surface area (Å²) in [6, 6.07) is 6.24. The minimum absolute atomic E-state index is 0.0488. The monoisotopic (exact) mass is 274 g/mol. The van der Waals surface area contributed by atoms with Crippen LogP contribution in [0.15, 0.2) is 18.2 Å². The summed E-state index contributed by atoms with van der Waals surface area (Å²) < 4.78 is 1.89. The lowest BCUT2D eigenvalue weighted by Crippen LogP contribution is -2.32. The van der Waals surface area contributed by atoms with Crippen LogP contribution < -0.4 is 11.1 Å². The largest absolute Gasteiger partial charge is 0.369 e. The zero-order valence-corrected chi connectivity index (χ0v) is 12.3. The van der Waals surface area contributed by atoms with E-state index < -0.39 is 0 Å². The van der Waals surface area contributed by atoms with Crippen LogP contribution in [0.2, 0.25) is 0 Å². The van der Waals surface area contributed by atoms with Crippen LogP contribution >= 0.6 is 0 Å². The van der Waals surface area contributed by atoms with Gasteiger partial charge in [0.25, 0.3) is 0 Å². The van der Waals surface area contributed by atoms with Gasteiger partial charge >= 0.3 is 0 Å². The number of nitrogens with two attached hydrogens (primary N) is 1. The Hall–Kier alpha value is -2.04. The summed E-state index contributed by atoms with van der Waals surface area (Å²) >= 11 is 0. The van der Waals surface area contributed by atoms with E-state index >= 15 is 0 Å². The van der Waals surface area contributed by atoms with Gasteiger partial charge in [-0.3, -0.25) is 4.79 Å². The van der Waals surface area contributed by atoms with E-state index in [4.69, 9.17) is 5.73 Å². The molecule has 0 aliphatic carbocycles. The fourth-order valence-corrected chi connectivity index (χ4v) is 2.16. The van der Waals surface area contributed by atoms with Gasteiger partial charge in [0.15, 0.2) is 0 Å². The van der Waals surface area contributed by atoms with E-state index in [1.54, 1.807) is 0 Å². The number of fused-ring (bicyclic) bond motifs is 1. The van der Waals surface area contributed by atoms with Crippen molar-refractivity contribution < 1.29 is 4.79 Å². The first-order chi connectivity index (χ1) is 9.51. The fraction of sp³-hybridized carbons (Fsp3) is 0.467. The summed E-state index contributed by atoms with van der Waals surface area (Å²) in [7, 11) is 0. The molecule has 5 nitrogen and oxygen atoms in total. The van der Waals surface area contributed by atoms with E-state index in [-0.39, 0.29) is 11.9 Å².